The number of hydrogen-bond donors (Lipinski definition) is 2. The molecule has 3 aromatic carbocycles. The summed E-state index contributed by atoms with van der Waals surface area (Å²) in [6.45, 7) is 1.42. The number of anilines is 2. The average molecular weight is 474 g/mol. The molecule has 0 fully saturated rings. The minimum Gasteiger partial charge on any atom is -0.493 e. The third-order valence-corrected chi connectivity index (χ3v) is 6.06. The molecule has 4 rings (SSSR count). The van der Waals surface area contributed by atoms with Crippen LogP contribution in [0.5, 0.6) is 11.5 Å². The van der Waals surface area contributed by atoms with E-state index >= 15 is 0 Å². The first kappa shape index (κ1) is 23.8. The second kappa shape index (κ2) is 9.89. The van der Waals surface area contributed by atoms with Crippen LogP contribution in [0, 0.1) is 0 Å². The molecule has 2 N–H and O–H groups in total. The molecule has 8 nitrogen and oxygen atoms in total. The van der Waals surface area contributed by atoms with Crippen molar-refractivity contribution in [2.45, 2.75) is 18.9 Å². The third-order valence-electron chi connectivity index (χ3n) is 6.06. The van der Waals surface area contributed by atoms with E-state index in [4.69, 9.17) is 9.47 Å². The maximum Gasteiger partial charge on any atom is 0.254 e. The van der Waals surface area contributed by atoms with Gasteiger partial charge in [0.2, 0.25) is 11.8 Å². The van der Waals surface area contributed by atoms with Gasteiger partial charge in [-0.05, 0) is 47.5 Å². The summed E-state index contributed by atoms with van der Waals surface area (Å²) in [6.07, 6.45) is 0. The van der Waals surface area contributed by atoms with Crippen LogP contribution < -0.4 is 20.1 Å². The summed E-state index contributed by atoms with van der Waals surface area (Å²) in [7, 11) is 4.78. The zero-order valence-corrected chi connectivity index (χ0v) is 20.0. The summed E-state index contributed by atoms with van der Waals surface area (Å²) in [6, 6.07) is 18.9. The van der Waals surface area contributed by atoms with Gasteiger partial charge < -0.3 is 25.0 Å². The van der Waals surface area contributed by atoms with E-state index in [-0.39, 0.29) is 17.7 Å². The van der Waals surface area contributed by atoms with E-state index in [1.165, 1.54) is 6.92 Å². The number of hydrogen-bond acceptors (Lipinski definition) is 5. The number of nitrogens with one attached hydrogen (secondary N) is 2. The number of nitrogens with zero attached hydrogens (tertiary/aromatic N) is 1. The molecule has 0 saturated heterocycles. The van der Waals surface area contributed by atoms with Crippen molar-refractivity contribution in [3.63, 3.8) is 0 Å². The van der Waals surface area contributed by atoms with Crippen molar-refractivity contribution < 1.29 is 23.9 Å². The van der Waals surface area contributed by atoms with E-state index in [1.807, 2.05) is 18.2 Å². The van der Waals surface area contributed by atoms with E-state index in [0.29, 0.717) is 34.0 Å². The van der Waals surface area contributed by atoms with Crippen molar-refractivity contribution in [1.29, 1.82) is 0 Å². The molecule has 0 bridgehead atoms. The lowest BCUT2D eigenvalue weighted by atomic mass is 9.79. The minimum absolute atomic E-state index is 0.169. The molecule has 0 aliphatic carbocycles. The van der Waals surface area contributed by atoms with Crippen LogP contribution in [0.1, 0.15) is 40.4 Å². The molecule has 3 amide bonds. The van der Waals surface area contributed by atoms with Crippen LogP contribution in [-0.4, -0.2) is 43.9 Å². The molecule has 0 spiro atoms. The number of fused-ring (bicyclic) bond motifs is 1. The molecule has 1 aliphatic heterocycles. The highest BCUT2D eigenvalue weighted by Gasteiger charge is 2.42. The standard InChI is InChI=1S/C27H27N3O5/c1-16(31)28-18-8-7-9-19(15-18)29-26(32)24-20-10-5-6-11-21(20)27(33)30(2)25(24)17-12-13-22(34-3)23(14-17)35-4/h5-15,24-25H,1-4H3,(H,28,31)(H,29,32). The van der Waals surface area contributed by atoms with E-state index in [9.17, 15) is 14.4 Å². The summed E-state index contributed by atoms with van der Waals surface area (Å²) in [5.74, 6) is -0.294. The van der Waals surface area contributed by atoms with Crippen LogP contribution in [-0.2, 0) is 9.59 Å². The normalized spacial score (nSPS) is 16.8. The van der Waals surface area contributed by atoms with Crippen LogP contribution in [0.25, 0.3) is 0 Å². The zero-order chi connectivity index (χ0) is 25.1. The molecule has 1 heterocycles. The lowest BCUT2D eigenvalue weighted by Crippen LogP contribution is -2.44. The number of carbonyl (C=O) groups excluding carboxylic acids is 3. The molecule has 35 heavy (non-hydrogen) atoms. The fourth-order valence-electron chi connectivity index (χ4n) is 4.51. The van der Waals surface area contributed by atoms with Gasteiger partial charge in [0.1, 0.15) is 0 Å². The Morgan fingerprint density at radius 3 is 2.23 bits per heavy atom. The van der Waals surface area contributed by atoms with Gasteiger partial charge >= 0.3 is 0 Å². The molecule has 1 aliphatic rings. The van der Waals surface area contributed by atoms with Crippen molar-refractivity contribution >= 4 is 29.1 Å². The Labute approximate surface area is 203 Å². The largest absolute Gasteiger partial charge is 0.493 e. The topological polar surface area (TPSA) is 97.0 Å². The Balaban J connectivity index is 1.78. The molecule has 8 heteroatoms. The summed E-state index contributed by atoms with van der Waals surface area (Å²) < 4.78 is 10.8. The third kappa shape index (κ3) is 4.68. The van der Waals surface area contributed by atoms with Gasteiger partial charge in [-0.2, -0.15) is 0 Å². The Hall–Kier alpha value is -4.33. The van der Waals surface area contributed by atoms with Crippen LogP contribution in [0.3, 0.4) is 0 Å². The lowest BCUT2D eigenvalue weighted by Gasteiger charge is -2.40. The van der Waals surface area contributed by atoms with Crippen molar-refractivity contribution in [2.75, 3.05) is 31.9 Å². The second-order valence-electron chi connectivity index (χ2n) is 8.29. The summed E-state index contributed by atoms with van der Waals surface area (Å²) in [4.78, 5) is 40.1. The van der Waals surface area contributed by atoms with Crippen molar-refractivity contribution in [2.24, 2.45) is 0 Å². The smallest absolute Gasteiger partial charge is 0.254 e. The number of likely N-dealkylation sites (N-methyl/N-ethyl adjacent to an activating group) is 1. The first-order valence-corrected chi connectivity index (χ1v) is 11.1. The predicted molar refractivity (Wildman–Crippen MR) is 133 cm³/mol. The molecule has 180 valence electrons. The molecule has 3 aromatic rings. The number of amides is 3. The van der Waals surface area contributed by atoms with Crippen LogP contribution in [0.15, 0.2) is 66.7 Å². The minimum atomic E-state index is -0.698. The monoisotopic (exact) mass is 473 g/mol. The lowest BCUT2D eigenvalue weighted by molar-refractivity contribution is -0.119. The number of rotatable bonds is 6. The van der Waals surface area contributed by atoms with Crippen molar-refractivity contribution in [3.05, 3.63) is 83.4 Å². The summed E-state index contributed by atoms with van der Waals surface area (Å²) >= 11 is 0. The molecular formula is C27H27N3O5. The first-order chi connectivity index (χ1) is 16.8. The molecule has 2 unspecified atom stereocenters. The average Bonchev–Trinajstić information content (AvgIpc) is 2.85. The van der Waals surface area contributed by atoms with Crippen LogP contribution in [0.4, 0.5) is 11.4 Å². The Morgan fingerprint density at radius 1 is 0.857 bits per heavy atom. The van der Waals surface area contributed by atoms with Gasteiger partial charge in [-0.3, -0.25) is 14.4 Å². The van der Waals surface area contributed by atoms with Gasteiger partial charge in [0, 0.05) is 30.9 Å². The van der Waals surface area contributed by atoms with Crippen molar-refractivity contribution in [3.8, 4) is 11.5 Å². The summed E-state index contributed by atoms with van der Waals surface area (Å²) in [5, 5.41) is 5.68. The number of carbonyl (C=O) groups is 3. The number of ether oxygens (including phenoxy) is 2. The maximum atomic E-state index is 13.8. The molecule has 2 atom stereocenters. The van der Waals surface area contributed by atoms with E-state index in [0.717, 1.165) is 5.56 Å². The van der Waals surface area contributed by atoms with E-state index < -0.39 is 12.0 Å². The fraction of sp³-hybridized carbons (Fsp3) is 0.222. The second-order valence-corrected chi connectivity index (χ2v) is 8.29. The Morgan fingerprint density at radius 2 is 1.54 bits per heavy atom. The van der Waals surface area contributed by atoms with Crippen LogP contribution in [0.2, 0.25) is 0 Å². The van der Waals surface area contributed by atoms with E-state index in [2.05, 4.69) is 10.6 Å². The summed E-state index contributed by atoms with van der Waals surface area (Å²) in [5.41, 5.74) is 2.97. The van der Waals surface area contributed by atoms with Gasteiger partial charge in [0.25, 0.3) is 5.91 Å². The first-order valence-electron chi connectivity index (χ1n) is 11.1. The maximum absolute atomic E-state index is 13.8. The van der Waals surface area contributed by atoms with Gasteiger partial charge in [0.05, 0.1) is 26.2 Å². The Bertz CT molecular complexity index is 1290. The number of benzene rings is 3. The van der Waals surface area contributed by atoms with Gasteiger partial charge in [0.15, 0.2) is 11.5 Å². The fourth-order valence-corrected chi connectivity index (χ4v) is 4.51. The zero-order valence-electron chi connectivity index (χ0n) is 20.0. The number of methoxy groups -OCH3 is 2. The van der Waals surface area contributed by atoms with Crippen molar-refractivity contribution in [1.82, 2.24) is 4.90 Å². The van der Waals surface area contributed by atoms with E-state index in [1.54, 1.807) is 74.7 Å². The molecular weight excluding hydrogens is 446 g/mol. The highest BCUT2D eigenvalue weighted by molar-refractivity contribution is 6.04. The molecule has 0 radical (unpaired) electrons. The van der Waals surface area contributed by atoms with Gasteiger partial charge in [-0.15, -0.1) is 0 Å². The van der Waals surface area contributed by atoms with Gasteiger partial charge in [-0.25, -0.2) is 0 Å². The highest BCUT2D eigenvalue weighted by Crippen LogP contribution is 2.44. The quantitative estimate of drug-likeness (QED) is 0.559. The predicted octanol–water partition coefficient (Wildman–Crippen LogP) is 4.21. The SMILES string of the molecule is COc1ccc(C2C(C(=O)Nc3cccc(NC(C)=O)c3)c3ccccc3C(=O)N2C)cc1OC. The molecule has 0 aromatic heterocycles. The molecule has 0 saturated carbocycles. The highest BCUT2D eigenvalue weighted by atomic mass is 16.5. The van der Waals surface area contributed by atoms with Gasteiger partial charge in [-0.1, -0.05) is 30.3 Å². The van der Waals surface area contributed by atoms with Crippen LogP contribution >= 0.6 is 0 Å². The Kier molecular flexibility index (Phi) is 6.73.